The molecule has 2 amide bonds. The average Bonchev–Trinajstić information content (AvgIpc) is 2.92. The van der Waals surface area contributed by atoms with Gasteiger partial charge in [-0.3, -0.25) is 4.79 Å². The normalized spacial score (nSPS) is 15.2. The number of amides is 2. The van der Waals surface area contributed by atoms with E-state index in [9.17, 15) is 14.4 Å². The lowest BCUT2D eigenvalue weighted by atomic mass is 9.96. The van der Waals surface area contributed by atoms with Crippen LogP contribution in [-0.2, 0) is 14.3 Å². The number of piperidine rings is 1. The maximum Gasteiger partial charge on any atom is 0.410 e. The lowest BCUT2D eigenvalue weighted by Gasteiger charge is -2.35. The molecule has 0 aliphatic carbocycles. The number of thiophene rings is 1. The second-order valence-corrected chi connectivity index (χ2v) is 9.83. The maximum absolute atomic E-state index is 12.4. The molecule has 1 aliphatic heterocycles. The van der Waals surface area contributed by atoms with Crippen molar-refractivity contribution in [3.8, 4) is 0 Å². The van der Waals surface area contributed by atoms with E-state index in [0.717, 1.165) is 24.2 Å². The first-order valence-electron chi connectivity index (χ1n) is 9.57. The van der Waals surface area contributed by atoms with Gasteiger partial charge >= 0.3 is 12.1 Å². The number of ether oxygens (including phenoxy) is 2. The standard InChI is InChI=1S/C20H29ClN2O5S/c1-12-15(16(18(25)27-6)29-17(12)21)23(13(2)24)11-14-7-9-22(10-8-14)19(26)28-20(3,4)5/h14H,7-11H2,1-6H3. The fraction of sp³-hybridized carbons (Fsp3) is 0.650. The summed E-state index contributed by atoms with van der Waals surface area (Å²) in [6, 6.07) is 0. The number of likely N-dealkylation sites (tertiary alicyclic amines) is 1. The Labute approximate surface area is 180 Å². The molecule has 0 aromatic carbocycles. The van der Waals surface area contributed by atoms with E-state index in [-0.39, 0.29) is 17.9 Å². The lowest BCUT2D eigenvalue weighted by molar-refractivity contribution is -0.116. The van der Waals surface area contributed by atoms with Gasteiger partial charge < -0.3 is 19.3 Å². The summed E-state index contributed by atoms with van der Waals surface area (Å²) in [5.74, 6) is -0.477. The number of carbonyl (C=O) groups is 3. The molecule has 1 aromatic rings. The highest BCUT2D eigenvalue weighted by Crippen LogP contribution is 2.40. The van der Waals surface area contributed by atoms with Gasteiger partial charge in [0, 0.05) is 32.1 Å². The zero-order chi connectivity index (χ0) is 21.9. The van der Waals surface area contributed by atoms with Gasteiger partial charge in [0.25, 0.3) is 0 Å². The minimum atomic E-state index is -0.528. The Morgan fingerprint density at radius 2 is 1.83 bits per heavy atom. The quantitative estimate of drug-likeness (QED) is 0.639. The summed E-state index contributed by atoms with van der Waals surface area (Å²) in [5, 5.41) is 0. The smallest absolute Gasteiger partial charge is 0.410 e. The molecule has 29 heavy (non-hydrogen) atoms. The van der Waals surface area contributed by atoms with E-state index in [1.807, 2.05) is 20.8 Å². The number of halogens is 1. The summed E-state index contributed by atoms with van der Waals surface area (Å²) in [6.45, 7) is 10.4. The number of anilines is 1. The van der Waals surface area contributed by atoms with Crippen LogP contribution in [0.4, 0.5) is 10.5 Å². The van der Waals surface area contributed by atoms with Gasteiger partial charge in [-0.2, -0.15) is 0 Å². The highest BCUT2D eigenvalue weighted by atomic mass is 35.5. The van der Waals surface area contributed by atoms with Crippen molar-refractivity contribution < 1.29 is 23.9 Å². The molecule has 1 saturated heterocycles. The Bertz CT molecular complexity index is 779. The Morgan fingerprint density at radius 1 is 1.24 bits per heavy atom. The molecule has 162 valence electrons. The minimum Gasteiger partial charge on any atom is -0.465 e. The van der Waals surface area contributed by atoms with Crippen LogP contribution in [0, 0.1) is 12.8 Å². The molecule has 2 rings (SSSR count). The van der Waals surface area contributed by atoms with Crippen LogP contribution in [0.2, 0.25) is 4.34 Å². The van der Waals surface area contributed by atoms with Crippen LogP contribution in [-0.4, -0.2) is 55.2 Å². The predicted octanol–water partition coefficient (Wildman–Crippen LogP) is 4.50. The van der Waals surface area contributed by atoms with Crippen LogP contribution in [0.1, 0.15) is 55.8 Å². The van der Waals surface area contributed by atoms with Gasteiger partial charge in [-0.25, -0.2) is 9.59 Å². The molecule has 0 N–H and O–H groups in total. The molecular weight excluding hydrogens is 416 g/mol. The molecule has 0 spiro atoms. The largest absolute Gasteiger partial charge is 0.465 e. The van der Waals surface area contributed by atoms with Gasteiger partial charge in [-0.15, -0.1) is 11.3 Å². The summed E-state index contributed by atoms with van der Waals surface area (Å²) >= 11 is 7.37. The molecule has 9 heteroatoms. The SMILES string of the molecule is COC(=O)c1sc(Cl)c(C)c1N(CC1CCN(C(=O)OC(C)(C)C)CC1)C(C)=O. The number of methoxy groups -OCH3 is 1. The molecule has 1 aliphatic rings. The fourth-order valence-corrected chi connectivity index (χ4v) is 4.57. The Balaban J connectivity index is 2.12. The number of hydrogen-bond acceptors (Lipinski definition) is 6. The van der Waals surface area contributed by atoms with Crippen molar-refractivity contribution in [3.05, 3.63) is 14.8 Å². The van der Waals surface area contributed by atoms with Gasteiger partial charge in [0.2, 0.25) is 5.91 Å². The summed E-state index contributed by atoms with van der Waals surface area (Å²) < 4.78 is 10.8. The summed E-state index contributed by atoms with van der Waals surface area (Å²) in [6.07, 6.45) is 1.17. The van der Waals surface area contributed by atoms with Crippen molar-refractivity contribution in [1.29, 1.82) is 0 Å². The number of hydrogen-bond donors (Lipinski definition) is 0. The van der Waals surface area contributed by atoms with Crippen LogP contribution in [0.15, 0.2) is 0 Å². The van der Waals surface area contributed by atoms with Crippen LogP contribution in [0.25, 0.3) is 0 Å². The highest BCUT2D eigenvalue weighted by Gasteiger charge is 2.31. The lowest BCUT2D eigenvalue weighted by Crippen LogP contribution is -2.44. The van der Waals surface area contributed by atoms with Gasteiger partial charge in [0.15, 0.2) is 0 Å². The van der Waals surface area contributed by atoms with Crippen molar-refractivity contribution in [2.45, 2.75) is 53.1 Å². The van der Waals surface area contributed by atoms with E-state index < -0.39 is 11.6 Å². The van der Waals surface area contributed by atoms with Gasteiger partial charge in [0.05, 0.1) is 17.1 Å². The Morgan fingerprint density at radius 3 is 2.31 bits per heavy atom. The molecule has 7 nitrogen and oxygen atoms in total. The van der Waals surface area contributed by atoms with Crippen molar-refractivity contribution >= 4 is 46.6 Å². The third-order valence-electron chi connectivity index (χ3n) is 4.78. The van der Waals surface area contributed by atoms with E-state index in [1.54, 1.807) is 16.7 Å². The molecule has 1 fully saturated rings. The zero-order valence-electron chi connectivity index (χ0n) is 17.8. The van der Waals surface area contributed by atoms with E-state index in [4.69, 9.17) is 21.1 Å². The number of nitrogens with zero attached hydrogens (tertiary/aromatic N) is 2. The van der Waals surface area contributed by atoms with Crippen LogP contribution in [0.5, 0.6) is 0 Å². The first-order valence-corrected chi connectivity index (χ1v) is 10.8. The van der Waals surface area contributed by atoms with Crippen LogP contribution >= 0.6 is 22.9 Å². The second-order valence-electron chi connectivity index (χ2n) is 8.21. The number of rotatable bonds is 4. The van der Waals surface area contributed by atoms with Crippen LogP contribution < -0.4 is 4.90 Å². The third-order valence-corrected chi connectivity index (χ3v) is 6.35. The molecule has 0 unspecified atom stereocenters. The van der Waals surface area contributed by atoms with Crippen molar-refractivity contribution in [3.63, 3.8) is 0 Å². The summed E-state index contributed by atoms with van der Waals surface area (Å²) in [4.78, 5) is 40.5. The average molecular weight is 445 g/mol. The molecule has 0 radical (unpaired) electrons. The Kier molecular flexibility index (Phi) is 7.56. The van der Waals surface area contributed by atoms with Crippen molar-refractivity contribution in [2.75, 3.05) is 31.6 Å². The van der Waals surface area contributed by atoms with E-state index in [1.165, 1.54) is 14.0 Å². The van der Waals surface area contributed by atoms with Gasteiger partial charge in [0.1, 0.15) is 10.5 Å². The fourth-order valence-electron chi connectivity index (χ4n) is 3.29. The second kappa shape index (κ2) is 9.34. The summed E-state index contributed by atoms with van der Waals surface area (Å²) in [7, 11) is 1.31. The minimum absolute atomic E-state index is 0.165. The molecule has 0 bridgehead atoms. The monoisotopic (exact) mass is 444 g/mol. The first kappa shape index (κ1) is 23.5. The highest BCUT2D eigenvalue weighted by molar-refractivity contribution is 7.18. The maximum atomic E-state index is 12.4. The molecular formula is C20H29ClN2O5S. The Hall–Kier alpha value is -1.80. The van der Waals surface area contributed by atoms with Crippen LogP contribution in [0.3, 0.4) is 0 Å². The predicted molar refractivity (Wildman–Crippen MR) is 114 cm³/mol. The summed E-state index contributed by atoms with van der Waals surface area (Å²) in [5.41, 5.74) is 0.687. The topological polar surface area (TPSA) is 76.2 Å². The molecule has 1 aromatic heterocycles. The van der Waals surface area contributed by atoms with Gasteiger partial charge in [-0.1, -0.05) is 11.6 Å². The zero-order valence-corrected chi connectivity index (χ0v) is 19.4. The van der Waals surface area contributed by atoms with E-state index in [2.05, 4.69) is 0 Å². The molecule has 0 atom stereocenters. The van der Waals surface area contributed by atoms with Crippen molar-refractivity contribution in [1.82, 2.24) is 4.90 Å². The number of carbonyl (C=O) groups excluding carboxylic acids is 3. The molecule has 2 heterocycles. The number of esters is 1. The van der Waals surface area contributed by atoms with E-state index >= 15 is 0 Å². The van der Waals surface area contributed by atoms with Crippen molar-refractivity contribution in [2.24, 2.45) is 5.92 Å². The molecule has 0 saturated carbocycles. The van der Waals surface area contributed by atoms with Gasteiger partial charge in [-0.05, 0) is 46.5 Å². The van der Waals surface area contributed by atoms with E-state index in [0.29, 0.717) is 40.1 Å². The third kappa shape index (κ3) is 5.85. The first-order chi connectivity index (χ1) is 13.4.